The average Bonchev–Trinajstić information content (AvgIpc) is 3.32. The molecule has 0 aliphatic carbocycles. The lowest BCUT2D eigenvalue weighted by molar-refractivity contribution is 0.102. The number of benzene rings is 3. The van der Waals surface area contributed by atoms with E-state index < -0.39 is 0 Å². The van der Waals surface area contributed by atoms with Gasteiger partial charge in [-0.15, -0.1) is 0 Å². The lowest BCUT2D eigenvalue weighted by atomic mass is 9.97. The number of carbonyl (C=O) groups excluding carboxylic acids is 1. The molecule has 0 radical (unpaired) electrons. The fraction of sp³-hybridized carbons (Fsp3) is 0.167. The van der Waals surface area contributed by atoms with Crippen molar-refractivity contribution in [2.45, 2.75) is 25.8 Å². The van der Waals surface area contributed by atoms with Crippen LogP contribution in [0.25, 0.3) is 28.0 Å². The standard InChI is InChI=1S/C30H25ClFN3O2/c1-37-24-14-10-20(11-15-24)27-25-7-2-3-16-34-26(19-8-12-22(32)13-9-19)18-35(30(25)34)28(27)29(36)33-23-6-4-5-21(31)17-23/h4-6,8-15,17-18H,2-3,7,16H2,1H3,(H,33,36). The first-order valence-electron chi connectivity index (χ1n) is 12.3. The summed E-state index contributed by atoms with van der Waals surface area (Å²) in [7, 11) is 1.64. The van der Waals surface area contributed by atoms with Crippen LogP contribution in [0.4, 0.5) is 10.1 Å². The van der Waals surface area contributed by atoms with Crippen molar-refractivity contribution >= 4 is 28.8 Å². The number of hydrogen-bond acceptors (Lipinski definition) is 2. The van der Waals surface area contributed by atoms with Gasteiger partial charge in [0.2, 0.25) is 0 Å². The molecule has 1 N–H and O–H groups in total. The number of methoxy groups -OCH3 is 1. The Bertz CT molecular complexity index is 1620. The number of rotatable bonds is 5. The smallest absolute Gasteiger partial charge is 0.273 e. The van der Waals surface area contributed by atoms with E-state index in [9.17, 15) is 9.18 Å². The highest BCUT2D eigenvalue weighted by atomic mass is 35.5. The highest BCUT2D eigenvalue weighted by Gasteiger charge is 2.29. The molecule has 5 aromatic rings. The zero-order valence-corrected chi connectivity index (χ0v) is 21.1. The van der Waals surface area contributed by atoms with Crippen LogP contribution in [-0.4, -0.2) is 22.0 Å². The van der Waals surface area contributed by atoms with Crippen molar-refractivity contribution in [1.29, 1.82) is 0 Å². The first-order valence-corrected chi connectivity index (χ1v) is 12.6. The van der Waals surface area contributed by atoms with E-state index >= 15 is 0 Å². The van der Waals surface area contributed by atoms with Gasteiger partial charge in [-0.1, -0.05) is 29.8 Å². The summed E-state index contributed by atoms with van der Waals surface area (Å²) in [6.45, 7) is 0.817. The third kappa shape index (κ3) is 4.17. The number of ether oxygens (including phenoxy) is 1. The van der Waals surface area contributed by atoms with E-state index in [4.69, 9.17) is 16.3 Å². The van der Waals surface area contributed by atoms with Crippen LogP contribution >= 0.6 is 11.6 Å². The number of anilines is 1. The summed E-state index contributed by atoms with van der Waals surface area (Å²) < 4.78 is 23.3. The van der Waals surface area contributed by atoms with E-state index in [-0.39, 0.29) is 11.7 Å². The minimum Gasteiger partial charge on any atom is -0.497 e. The molecule has 0 atom stereocenters. The second kappa shape index (κ2) is 9.45. The van der Waals surface area contributed by atoms with E-state index in [1.165, 1.54) is 12.1 Å². The number of hydrogen-bond donors (Lipinski definition) is 1. The number of amides is 1. The molecular weight excluding hydrogens is 489 g/mol. The van der Waals surface area contributed by atoms with E-state index in [1.54, 1.807) is 31.4 Å². The normalized spacial score (nSPS) is 12.9. The largest absolute Gasteiger partial charge is 0.497 e. The van der Waals surface area contributed by atoms with Crippen molar-refractivity contribution in [3.8, 4) is 28.1 Å². The molecule has 0 bridgehead atoms. The molecule has 3 heterocycles. The molecule has 1 aliphatic heterocycles. The van der Waals surface area contributed by atoms with Gasteiger partial charge in [0.05, 0.1) is 12.8 Å². The van der Waals surface area contributed by atoms with Crippen molar-refractivity contribution in [1.82, 2.24) is 8.97 Å². The first-order chi connectivity index (χ1) is 18.0. The van der Waals surface area contributed by atoms with Crippen LogP contribution in [0.5, 0.6) is 5.75 Å². The summed E-state index contributed by atoms with van der Waals surface area (Å²) in [5.41, 5.74) is 7.04. The molecule has 3 aromatic carbocycles. The van der Waals surface area contributed by atoms with E-state index in [0.29, 0.717) is 16.4 Å². The zero-order chi connectivity index (χ0) is 25.5. The van der Waals surface area contributed by atoms with Crippen LogP contribution in [0, 0.1) is 5.82 Å². The van der Waals surface area contributed by atoms with Gasteiger partial charge in [-0.25, -0.2) is 4.39 Å². The van der Waals surface area contributed by atoms with E-state index in [1.807, 2.05) is 47.0 Å². The van der Waals surface area contributed by atoms with Crippen LogP contribution in [0.2, 0.25) is 5.02 Å². The summed E-state index contributed by atoms with van der Waals surface area (Å²) in [6.07, 6.45) is 4.86. The number of aryl methyl sites for hydroxylation is 2. The molecule has 0 fully saturated rings. The van der Waals surface area contributed by atoms with Crippen molar-refractivity contribution in [3.63, 3.8) is 0 Å². The van der Waals surface area contributed by atoms with Gasteiger partial charge in [-0.05, 0) is 85.0 Å². The SMILES string of the molecule is COc1ccc(-c2c3c4n(c(-c5ccc(F)cc5)cn4c2C(=O)Nc2cccc(Cl)c2)CCCC3)cc1. The number of nitrogens with one attached hydrogen (secondary N) is 1. The Morgan fingerprint density at radius 3 is 2.49 bits per heavy atom. The highest BCUT2D eigenvalue weighted by Crippen LogP contribution is 2.40. The van der Waals surface area contributed by atoms with Crippen LogP contribution in [0.3, 0.4) is 0 Å². The van der Waals surface area contributed by atoms with Gasteiger partial charge < -0.3 is 14.6 Å². The van der Waals surface area contributed by atoms with Gasteiger partial charge in [-0.3, -0.25) is 9.20 Å². The van der Waals surface area contributed by atoms with Gasteiger partial charge in [0.1, 0.15) is 22.9 Å². The van der Waals surface area contributed by atoms with Gasteiger partial charge >= 0.3 is 0 Å². The number of nitrogens with zero attached hydrogens (tertiary/aromatic N) is 2. The van der Waals surface area contributed by atoms with E-state index in [2.05, 4.69) is 9.88 Å². The van der Waals surface area contributed by atoms with Crippen molar-refractivity contribution in [2.24, 2.45) is 0 Å². The first kappa shape index (κ1) is 23.4. The predicted octanol–water partition coefficient (Wildman–Crippen LogP) is 7.46. The second-order valence-electron chi connectivity index (χ2n) is 9.22. The number of halogens is 2. The topological polar surface area (TPSA) is 47.7 Å². The third-order valence-electron chi connectivity index (χ3n) is 6.95. The summed E-state index contributed by atoms with van der Waals surface area (Å²) in [6, 6.07) is 21.5. The Balaban J connectivity index is 1.60. The molecule has 2 aromatic heterocycles. The Morgan fingerprint density at radius 2 is 1.76 bits per heavy atom. The maximum absolute atomic E-state index is 13.9. The fourth-order valence-corrected chi connectivity index (χ4v) is 5.48. The Labute approximate surface area is 219 Å². The molecule has 37 heavy (non-hydrogen) atoms. The average molecular weight is 514 g/mol. The van der Waals surface area contributed by atoms with Crippen LogP contribution in [-0.2, 0) is 13.0 Å². The summed E-state index contributed by atoms with van der Waals surface area (Å²) in [5, 5.41) is 3.59. The third-order valence-corrected chi connectivity index (χ3v) is 7.19. The quantitative estimate of drug-likeness (QED) is 0.265. The Hall–Kier alpha value is -4.03. The minimum absolute atomic E-state index is 0.224. The van der Waals surface area contributed by atoms with Crippen molar-refractivity contribution < 1.29 is 13.9 Å². The van der Waals surface area contributed by atoms with Gasteiger partial charge in [0.15, 0.2) is 0 Å². The van der Waals surface area contributed by atoms with Crippen LogP contribution < -0.4 is 10.1 Å². The maximum atomic E-state index is 13.9. The maximum Gasteiger partial charge on any atom is 0.273 e. The predicted molar refractivity (Wildman–Crippen MR) is 145 cm³/mol. The van der Waals surface area contributed by atoms with Crippen LogP contribution in [0.15, 0.2) is 79.0 Å². The molecule has 6 rings (SSSR count). The Kier molecular flexibility index (Phi) is 5.97. The number of carbonyl (C=O) groups is 1. The summed E-state index contributed by atoms with van der Waals surface area (Å²) >= 11 is 6.18. The molecule has 7 heteroatoms. The molecule has 0 unspecified atom stereocenters. The van der Waals surface area contributed by atoms with Crippen molar-refractivity contribution in [2.75, 3.05) is 12.4 Å². The fourth-order valence-electron chi connectivity index (χ4n) is 5.29. The minimum atomic E-state index is -0.276. The van der Waals surface area contributed by atoms with Gasteiger partial charge in [0, 0.05) is 34.6 Å². The number of imidazole rings is 1. The lowest BCUT2D eigenvalue weighted by Crippen LogP contribution is -2.15. The molecule has 0 spiro atoms. The van der Waals surface area contributed by atoms with Crippen LogP contribution in [0.1, 0.15) is 28.9 Å². The van der Waals surface area contributed by atoms with E-state index in [0.717, 1.165) is 65.2 Å². The highest BCUT2D eigenvalue weighted by molar-refractivity contribution is 6.31. The molecule has 186 valence electrons. The zero-order valence-electron chi connectivity index (χ0n) is 20.3. The summed E-state index contributed by atoms with van der Waals surface area (Å²) in [5.74, 6) is 0.256. The molecule has 0 saturated carbocycles. The molecule has 1 amide bonds. The number of aromatic nitrogens is 2. The second-order valence-corrected chi connectivity index (χ2v) is 9.66. The summed E-state index contributed by atoms with van der Waals surface area (Å²) in [4.78, 5) is 13.9. The Morgan fingerprint density at radius 1 is 1.00 bits per heavy atom. The monoisotopic (exact) mass is 513 g/mol. The lowest BCUT2D eigenvalue weighted by Gasteiger charge is -2.11. The molecule has 0 saturated heterocycles. The van der Waals surface area contributed by atoms with Gasteiger partial charge in [-0.2, -0.15) is 0 Å². The van der Waals surface area contributed by atoms with Gasteiger partial charge in [0.25, 0.3) is 5.91 Å². The van der Waals surface area contributed by atoms with Crippen molar-refractivity contribution in [3.05, 3.63) is 101 Å². The molecule has 1 aliphatic rings. The molecular formula is C30H25ClFN3O2. The molecule has 5 nitrogen and oxygen atoms in total.